The van der Waals surface area contributed by atoms with Crippen LogP contribution in [0.15, 0.2) is 30.3 Å². The number of nitrogens with one attached hydrogen (secondary N) is 2. The van der Waals surface area contributed by atoms with Crippen LogP contribution >= 0.6 is 0 Å². The lowest BCUT2D eigenvalue weighted by molar-refractivity contribution is -0.137. The van der Waals surface area contributed by atoms with Crippen molar-refractivity contribution in [1.82, 2.24) is 4.98 Å². The lowest BCUT2D eigenvalue weighted by Crippen LogP contribution is -2.08. The quantitative estimate of drug-likeness (QED) is 0.836. The standard InChI is InChI=1S/C13H10F5N3/c1-19-11-4-7(13(16,17)18)5-12(21-11)20-10-6-8(14)2-3-9(10)15/h2-6H,1H3,(H2,19,20,21). The van der Waals surface area contributed by atoms with E-state index in [-0.39, 0.29) is 17.3 Å². The Bertz CT molecular complexity index is 655. The maximum atomic E-state index is 13.5. The smallest absolute Gasteiger partial charge is 0.373 e. The normalized spacial score (nSPS) is 11.3. The SMILES string of the molecule is CNc1cc(C(F)(F)F)cc(Nc2cc(F)ccc2F)n1. The summed E-state index contributed by atoms with van der Waals surface area (Å²) >= 11 is 0. The van der Waals surface area contributed by atoms with Crippen molar-refractivity contribution in [2.24, 2.45) is 0 Å². The molecule has 0 saturated carbocycles. The van der Waals surface area contributed by atoms with Crippen LogP contribution < -0.4 is 10.6 Å². The minimum Gasteiger partial charge on any atom is -0.373 e. The van der Waals surface area contributed by atoms with Gasteiger partial charge in [0.15, 0.2) is 0 Å². The van der Waals surface area contributed by atoms with Crippen LogP contribution in [0.3, 0.4) is 0 Å². The lowest BCUT2D eigenvalue weighted by Gasteiger charge is -2.13. The average Bonchev–Trinajstić information content (AvgIpc) is 2.41. The van der Waals surface area contributed by atoms with Gasteiger partial charge in [-0.05, 0) is 24.3 Å². The van der Waals surface area contributed by atoms with Gasteiger partial charge in [-0.2, -0.15) is 13.2 Å². The summed E-state index contributed by atoms with van der Waals surface area (Å²) in [5.74, 6) is -1.83. The number of pyridine rings is 1. The Morgan fingerprint density at radius 1 is 1.00 bits per heavy atom. The van der Waals surface area contributed by atoms with Crippen molar-refractivity contribution in [3.63, 3.8) is 0 Å². The highest BCUT2D eigenvalue weighted by Crippen LogP contribution is 2.33. The molecule has 0 aliphatic heterocycles. The maximum absolute atomic E-state index is 13.5. The molecule has 0 bridgehead atoms. The molecule has 0 atom stereocenters. The fraction of sp³-hybridized carbons (Fsp3) is 0.154. The molecule has 1 aromatic carbocycles. The molecule has 8 heteroatoms. The zero-order valence-corrected chi connectivity index (χ0v) is 10.7. The largest absolute Gasteiger partial charge is 0.416 e. The molecule has 3 nitrogen and oxygen atoms in total. The van der Waals surface area contributed by atoms with Crippen molar-refractivity contribution < 1.29 is 22.0 Å². The van der Waals surface area contributed by atoms with Gasteiger partial charge in [-0.25, -0.2) is 13.8 Å². The number of rotatable bonds is 3. The number of hydrogen-bond acceptors (Lipinski definition) is 3. The van der Waals surface area contributed by atoms with Crippen molar-refractivity contribution >= 4 is 17.3 Å². The predicted octanol–water partition coefficient (Wildman–Crippen LogP) is 4.16. The van der Waals surface area contributed by atoms with Crippen molar-refractivity contribution in [1.29, 1.82) is 0 Å². The molecule has 0 radical (unpaired) electrons. The number of alkyl halides is 3. The maximum Gasteiger partial charge on any atom is 0.416 e. The molecular formula is C13H10F5N3. The third-order valence-corrected chi connectivity index (χ3v) is 2.60. The fourth-order valence-corrected chi connectivity index (χ4v) is 1.62. The van der Waals surface area contributed by atoms with Gasteiger partial charge in [-0.3, -0.25) is 0 Å². The first-order valence-electron chi connectivity index (χ1n) is 5.78. The van der Waals surface area contributed by atoms with Crippen LogP contribution in [-0.4, -0.2) is 12.0 Å². The molecule has 2 N–H and O–H groups in total. The minimum absolute atomic E-state index is 0.0517. The van der Waals surface area contributed by atoms with Gasteiger partial charge in [0.1, 0.15) is 23.3 Å². The van der Waals surface area contributed by atoms with Gasteiger partial charge >= 0.3 is 6.18 Å². The van der Waals surface area contributed by atoms with Crippen LogP contribution in [0, 0.1) is 11.6 Å². The Hall–Kier alpha value is -2.38. The van der Waals surface area contributed by atoms with E-state index in [1.807, 2.05) is 0 Å². The second-order valence-corrected chi connectivity index (χ2v) is 4.12. The van der Waals surface area contributed by atoms with Gasteiger partial charge < -0.3 is 10.6 Å². The van der Waals surface area contributed by atoms with Crippen LogP contribution in [0.2, 0.25) is 0 Å². The zero-order chi connectivity index (χ0) is 15.6. The average molecular weight is 303 g/mol. The Morgan fingerprint density at radius 2 is 1.67 bits per heavy atom. The molecule has 0 saturated heterocycles. The summed E-state index contributed by atoms with van der Waals surface area (Å²) in [5.41, 5.74) is -1.26. The van der Waals surface area contributed by atoms with Crippen molar-refractivity contribution in [3.8, 4) is 0 Å². The third kappa shape index (κ3) is 3.59. The Balaban J connectivity index is 2.42. The molecule has 0 spiro atoms. The molecule has 0 aliphatic rings. The zero-order valence-electron chi connectivity index (χ0n) is 10.7. The molecular weight excluding hydrogens is 293 g/mol. The minimum atomic E-state index is -4.58. The van der Waals surface area contributed by atoms with E-state index in [1.54, 1.807) is 0 Å². The van der Waals surface area contributed by atoms with Crippen molar-refractivity contribution in [3.05, 3.63) is 47.5 Å². The predicted molar refractivity (Wildman–Crippen MR) is 68.4 cm³/mol. The molecule has 0 aliphatic carbocycles. The topological polar surface area (TPSA) is 37.0 Å². The van der Waals surface area contributed by atoms with Gasteiger partial charge in [0, 0.05) is 13.1 Å². The highest BCUT2D eigenvalue weighted by molar-refractivity contribution is 5.60. The second kappa shape index (κ2) is 5.55. The number of hydrogen-bond donors (Lipinski definition) is 2. The van der Waals surface area contributed by atoms with Gasteiger partial charge in [-0.1, -0.05) is 0 Å². The Labute approximate surface area is 116 Å². The fourth-order valence-electron chi connectivity index (χ4n) is 1.62. The molecule has 21 heavy (non-hydrogen) atoms. The molecule has 0 amide bonds. The third-order valence-electron chi connectivity index (χ3n) is 2.60. The highest BCUT2D eigenvalue weighted by Gasteiger charge is 2.31. The highest BCUT2D eigenvalue weighted by atomic mass is 19.4. The summed E-state index contributed by atoms with van der Waals surface area (Å²) in [6.45, 7) is 0. The molecule has 1 heterocycles. The number of benzene rings is 1. The first kappa shape index (κ1) is 15.0. The van der Waals surface area contributed by atoms with E-state index in [2.05, 4.69) is 15.6 Å². The van der Waals surface area contributed by atoms with Crippen LogP contribution in [0.1, 0.15) is 5.56 Å². The van der Waals surface area contributed by atoms with Gasteiger partial charge in [-0.15, -0.1) is 0 Å². The van der Waals surface area contributed by atoms with E-state index in [0.29, 0.717) is 6.07 Å². The lowest BCUT2D eigenvalue weighted by atomic mass is 10.2. The van der Waals surface area contributed by atoms with E-state index in [1.165, 1.54) is 7.05 Å². The summed E-state index contributed by atoms with van der Waals surface area (Å²) in [6.07, 6.45) is -4.58. The van der Waals surface area contributed by atoms with Crippen molar-refractivity contribution in [2.75, 3.05) is 17.7 Å². The summed E-state index contributed by atoms with van der Waals surface area (Å²) < 4.78 is 64.8. The first-order valence-corrected chi connectivity index (χ1v) is 5.78. The molecule has 112 valence electrons. The number of nitrogens with zero attached hydrogens (tertiary/aromatic N) is 1. The Kier molecular flexibility index (Phi) is 3.97. The molecule has 0 unspecified atom stereocenters. The van der Waals surface area contributed by atoms with E-state index < -0.39 is 23.4 Å². The summed E-state index contributed by atoms with van der Waals surface area (Å²) in [5, 5.41) is 4.81. The first-order chi connectivity index (χ1) is 9.79. The van der Waals surface area contributed by atoms with Crippen LogP contribution in [0.25, 0.3) is 0 Å². The Morgan fingerprint density at radius 3 is 2.29 bits per heavy atom. The molecule has 0 fully saturated rings. The van der Waals surface area contributed by atoms with Crippen LogP contribution in [-0.2, 0) is 6.18 Å². The van der Waals surface area contributed by atoms with E-state index >= 15 is 0 Å². The van der Waals surface area contributed by atoms with Gasteiger partial charge in [0.05, 0.1) is 11.3 Å². The number of anilines is 3. The van der Waals surface area contributed by atoms with Crippen LogP contribution in [0.4, 0.5) is 39.3 Å². The summed E-state index contributed by atoms with van der Waals surface area (Å²) in [7, 11) is 1.40. The monoisotopic (exact) mass is 303 g/mol. The van der Waals surface area contributed by atoms with Crippen molar-refractivity contribution in [2.45, 2.75) is 6.18 Å². The van der Waals surface area contributed by atoms with E-state index in [4.69, 9.17) is 0 Å². The van der Waals surface area contributed by atoms with E-state index in [9.17, 15) is 22.0 Å². The number of aromatic nitrogens is 1. The van der Waals surface area contributed by atoms with E-state index in [0.717, 1.165) is 24.3 Å². The van der Waals surface area contributed by atoms with Gasteiger partial charge in [0.25, 0.3) is 0 Å². The summed E-state index contributed by atoms with van der Waals surface area (Å²) in [6, 6.07) is 4.12. The molecule has 2 rings (SSSR count). The van der Waals surface area contributed by atoms with Crippen LogP contribution in [0.5, 0.6) is 0 Å². The van der Waals surface area contributed by atoms with Gasteiger partial charge in [0.2, 0.25) is 0 Å². The second-order valence-electron chi connectivity index (χ2n) is 4.12. The molecule has 1 aromatic heterocycles. The summed E-state index contributed by atoms with van der Waals surface area (Å²) in [4.78, 5) is 3.82. The molecule has 2 aromatic rings. The number of halogens is 5.